The summed E-state index contributed by atoms with van der Waals surface area (Å²) < 4.78 is 0. The molecule has 0 spiro atoms. The van der Waals surface area contributed by atoms with Crippen LogP contribution < -0.4 is 5.32 Å². The molecule has 1 aliphatic carbocycles. The lowest BCUT2D eigenvalue weighted by molar-refractivity contribution is 0.0950. The van der Waals surface area contributed by atoms with E-state index in [2.05, 4.69) is 44.7 Å². The normalized spacial score (nSPS) is 15.4. The number of likely N-dealkylation sites (tertiary alicyclic amines) is 1. The minimum Gasteiger partial charge on any atom is -0.351 e. The van der Waals surface area contributed by atoms with E-state index >= 15 is 0 Å². The summed E-state index contributed by atoms with van der Waals surface area (Å²) in [7, 11) is 0. The zero-order valence-corrected chi connectivity index (χ0v) is 15.9. The van der Waals surface area contributed by atoms with Gasteiger partial charge in [0.1, 0.15) is 0 Å². The molecule has 5 rings (SSSR count). The molecule has 5 heteroatoms. The zero-order valence-electron chi connectivity index (χ0n) is 15.9. The summed E-state index contributed by atoms with van der Waals surface area (Å²) in [6.07, 6.45) is 3.45. The number of benzene rings is 2. The Morgan fingerprint density at radius 2 is 1.86 bits per heavy atom. The first-order valence-electron chi connectivity index (χ1n) is 10.1. The summed E-state index contributed by atoms with van der Waals surface area (Å²) in [4.78, 5) is 14.8. The lowest BCUT2D eigenvalue weighted by Crippen LogP contribution is -2.33. The highest BCUT2D eigenvalue weighted by Gasteiger charge is 2.24. The highest BCUT2D eigenvalue weighted by molar-refractivity contribution is 5.94. The van der Waals surface area contributed by atoms with Gasteiger partial charge in [-0.15, -0.1) is 0 Å². The molecule has 0 atom stereocenters. The third-order valence-electron chi connectivity index (χ3n) is 5.85. The van der Waals surface area contributed by atoms with Crippen molar-refractivity contribution in [1.29, 1.82) is 0 Å². The summed E-state index contributed by atoms with van der Waals surface area (Å²) >= 11 is 0. The van der Waals surface area contributed by atoms with Crippen LogP contribution in [-0.4, -0.2) is 47.2 Å². The Morgan fingerprint density at radius 1 is 1.07 bits per heavy atom. The molecule has 2 aromatic carbocycles. The fourth-order valence-electron chi connectivity index (χ4n) is 4.32. The second-order valence-corrected chi connectivity index (χ2v) is 7.64. The number of aromatic nitrogens is 2. The topological polar surface area (TPSA) is 61.0 Å². The van der Waals surface area contributed by atoms with Crippen LogP contribution in [0.5, 0.6) is 0 Å². The van der Waals surface area contributed by atoms with Gasteiger partial charge >= 0.3 is 0 Å². The number of H-pyrrole nitrogens is 1. The number of nitrogens with one attached hydrogen (secondary N) is 2. The molecule has 5 nitrogen and oxygen atoms in total. The predicted molar refractivity (Wildman–Crippen MR) is 110 cm³/mol. The van der Waals surface area contributed by atoms with E-state index in [9.17, 15) is 4.79 Å². The number of carbonyl (C=O) groups is 1. The van der Waals surface area contributed by atoms with Crippen molar-refractivity contribution in [2.75, 3.05) is 26.2 Å². The van der Waals surface area contributed by atoms with Gasteiger partial charge in [0, 0.05) is 41.8 Å². The molecule has 1 aliphatic heterocycles. The minimum atomic E-state index is -0.00888. The van der Waals surface area contributed by atoms with Crippen molar-refractivity contribution < 1.29 is 4.79 Å². The number of hydrogen-bond acceptors (Lipinski definition) is 3. The molecular weight excluding hydrogens is 348 g/mol. The van der Waals surface area contributed by atoms with Crippen LogP contribution in [0.2, 0.25) is 0 Å². The summed E-state index contributed by atoms with van der Waals surface area (Å²) in [6, 6.07) is 16.2. The van der Waals surface area contributed by atoms with Crippen LogP contribution in [-0.2, 0) is 6.42 Å². The predicted octanol–water partition coefficient (Wildman–Crippen LogP) is 3.47. The minimum absolute atomic E-state index is 0.00888. The van der Waals surface area contributed by atoms with Crippen LogP contribution in [0.4, 0.5) is 0 Å². The van der Waals surface area contributed by atoms with Gasteiger partial charge in [-0.05, 0) is 43.6 Å². The van der Waals surface area contributed by atoms with Crippen LogP contribution in [0.3, 0.4) is 0 Å². The third kappa shape index (κ3) is 3.12. The second-order valence-electron chi connectivity index (χ2n) is 7.64. The summed E-state index contributed by atoms with van der Waals surface area (Å²) in [5, 5.41) is 10.8. The first kappa shape index (κ1) is 17.2. The van der Waals surface area contributed by atoms with Gasteiger partial charge in [-0.3, -0.25) is 9.89 Å². The van der Waals surface area contributed by atoms with Crippen molar-refractivity contribution in [2.24, 2.45) is 0 Å². The quantitative estimate of drug-likeness (QED) is 0.564. The monoisotopic (exact) mass is 372 g/mol. The number of carbonyl (C=O) groups excluding carboxylic acids is 1. The second kappa shape index (κ2) is 7.24. The average molecular weight is 372 g/mol. The molecule has 2 aliphatic rings. The molecule has 0 unspecified atom stereocenters. The molecule has 28 heavy (non-hydrogen) atoms. The highest BCUT2D eigenvalue weighted by atomic mass is 16.1. The number of hydrogen-bond donors (Lipinski definition) is 2. The highest BCUT2D eigenvalue weighted by Crippen LogP contribution is 2.39. The molecular formula is C23H24N4O. The van der Waals surface area contributed by atoms with Crippen molar-refractivity contribution in [3.63, 3.8) is 0 Å². The Bertz CT molecular complexity index is 1000. The Balaban J connectivity index is 1.27. The van der Waals surface area contributed by atoms with Crippen LogP contribution in [0, 0.1) is 0 Å². The van der Waals surface area contributed by atoms with Gasteiger partial charge in [0.2, 0.25) is 0 Å². The molecule has 1 aromatic heterocycles. The third-order valence-corrected chi connectivity index (χ3v) is 5.85. The fraction of sp³-hybridized carbons (Fsp3) is 0.304. The van der Waals surface area contributed by atoms with Gasteiger partial charge in [-0.1, -0.05) is 36.4 Å². The summed E-state index contributed by atoms with van der Waals surface area (Å²) in [6.45, 7) is 3.94. The van der Waals surface area contributed by atoms with E-state index in [1.54, 1.807) is 0 Å². The van der Waals surface area contributed by atoms with E-state index in [-0.39, 0.29) is 5.91 Å². The molecule has 0 radical (unpaired) electrons. The molecule has 142 valence electrons. The maximum absolute atomic E-state index is 12.4. The van der Waals surface area contributed by atoms with Crippen LogP contribution >= 0.6 is 0 Å². The smallest absolute Gasteiger partial charge is 0.251 e. The van der Waals surface area contributed by atoms with E-state index in [1.807, 2.05) is 24.3 Å². The first-order chi connectivity index (χ1) is 13.8. The Morgan fingerprint density at radius 3 is 2.68 bits per heavy atom. The number of amides is 1. The first-order valence-corrected chi connectivity index (χ1v) is 10.1. The molecule has 0 bridgehead atoms. The largest absolute Gasteiger partial charge is 0.351 e. The fourth-order valence-corrected chi connectivity index (χ4v) is 4.32. The number of rotatable bonds is 5. The summed E-state index contributed by atoms with van der Waals surface area (Å²) in [5.41, 5.74) is 7.65. The van der Waals surface area contributed by atoms with Crippen molar-refractivity contribution in [3.8, 4) is 22.5 Å². The molecule has 1 fully saturated rings. The van der Waals surface area contributed by atoms with Crippen molar-refractivity contribution in [1.82, 2.24) is 20.4 Å². The van der Waals surface area contributed by atoms with E-state index < -0.39 is 0 Å². The van der Waals surface area contributed by atoms with Gasteiger partial charge in [-0.2, -0.15) is 5.10 Å². The molecule has 2 N–H and O–H groups in total. The Kier molecular flexibility index (Phi) is 4.45. The Labute approximate surface area is 164 Å². The standard InChI is InChI=1S/C23H24N4O/c28-23(24-11-14-27-12-3-4-13-27)17-9-7-16(8-10-17)21-20-15-18-5-1-2-6-19(18)22(20)26-25-21/h1-2,5-10H,3-4,11-15H2,(H,24,28)(H,25,26). The number of aromatic amines is 1. The van der Waals surface area contributed by atoms with Crippen LogP contribution in [0.15, 0.2) is 48.5 Å². The van der Waals surface area contributed by atoms with Gasteiger partial charge < -0.3 is 10.2 Å². The number of nitrogens with zero attached hydrogens (tertiary/aromatic N) is 2. The molecule has 1 amide bonds. The zero-order chi connectivity index (χ0) is 18.9. The van der Waals surface area contributed by atoms with E-state index in [1.165, 1.54) is 29.5 Å². The van der Waals surface area contributed by atoms with Crippen molar-refractivity contribution >= 4 is 5.91 Å². The maximum atomic E-state index is 12.4. The van der Waals surface area contributed by atoms with E-state index in [4.69, 9.17) is 0 Å². The van der Waals surface area contributed by atoms with Crippen molar-refractivity contribution in [2.45, 2.75) is 19.3 Å². The average Bonchev–Trinajstić information content (AvgIpc) is 3.45. The van der Waals surface area contributed by atoms with Crippen LogP contribution in [0.1, 0.15) is 34.3 Å². The molecule has 1 saturated heterocycles. The Hall–Kier alpha value is -2.92. The maximum Gasteiger partial charge on any atom is 0.251 e. The summed E-state index contributed by atoms with van der Waals surface area (Å²) in [5.74, 6) is -0.00888. The SMILES string of the molecule is O=C(NCCN1CCCC1)c1ccc(-c2n[nH]c3c2Cc2ccccc2-3)cc1. The lowest BCUT2D eigenvalue weighted by atomic mass is 10.0. The van der Waals surface area contributed by atoms with Crippen LogP contribution in [0.25, 0.3) is 22.5 Å². The van der Waals surface area contributed by atoms with E-state index in [0.717, 1.165) is 43.0 Å². The van der Waals surface area contributed by atoms with Gasteiger partial charge in [-0.25, -0.2) is 0 Å². The van der Waals surface area contributed by atoms with Gasteiger partial charge in [0.05, 0.1) is 11.4 Å². The molecule has 2 heterocycles. The van der Waals surface area contributed by atoms with Gasteiger partial charge in [0.15, 0.2) is 0 Å². The van der Waals surface area contributed by atoms with E-state index in [0.29, 0.717) is 12.1 Å². The molecule has 0 saturated carbocycles. The number of fused-ring (bicyclic) bond motifs is 3. The van der Waals surface area contributed by atoms with Gasteiger partial charge in [0.25, 0.3) is 5.91 Å². The van der Waals surface area contributed by atoms with Crippen molar-refractivity contribution in [3.05, 3.63) is 65.2 Å². The molecule has 3 aromatic rings. The lowest BCUT2D eigenvalue weighted by Gasteiger charge is -2.14.